The fourth-order valence-electron chi connectivity index (χ4n) is 3.64. The number of fused-ring (bicyclic) bond motifs is 1. The summed E-state index contributed by atoms with van der Waals surface area (Å²) in [7, 11) is -0.962. The summed E-state index contributed by atoms with van der Waals surface area (Å²) < 4.78 is 50.3. The van der Waals surface area contributed by atoms with Crippen LogP contribution in [0.25, 0.3) is 0 Å². The molecule has 32 heavy (non-hydrogen) atoms. The monoisotopic (exact) mass is 462 g/mol. The normalized spacial score (nSPS) is 14.2. The highest BCUT2D eigenvalue weighted by Crippen LogP contribution is 2.24. The molecular formula is C20H23FN6O4S. The van der Waals surface area contributed by atoms with E-state index in [9.17, 15) is 17.6 Å². The minimum atomic E-state index is -3.93. The lowest BCUT2D eigenvalue weighted by atomic mass is 10.2. The van der Waals surface area contributed by atoms with Gasteiger partial charge in [-0.05, 0) is 25.1 Å². The summed E-state index contributed by atoms with van der Waals surface area (Å²) in [6, 6.07) is 6.13. The van der Waals surface area contributed by atoms with Gasteiger partial charge in [0.2, 0.25) is 0 Å². The van der Waals surface area contributed by atoms with Crippen molar-refractivity contribution in [1.29, 1.82) is 0 Å². The Morgan fingerprint density at radius 1 is 1.28 bits per heavy atom. The largest absolute Gasteiger partial charge is 0.496 e. The van der Waals surface area contributed by atoms with Gasteiger partial charge in [-0.1, -0.05) is 6.07 Å². The summed E-state index contributed by atoms with van der Waals surface area (Å²) in [6.07, 6.45) is 1.63. The van der Waals surface area contributed by atoms with Crippen molar-refractivity contribution in [2.24, 2.45) is 7.05 Å². The molecule has 0 aliphatic carbocycles. The van der Waals surface area contributed by atoms with Crippen LogP contribution >= 0.6 is 0 Å². The Balaban J connectivity index is 1.57. The summed E-state index contributed by atoms with van der Waals surface area (Å²) in [5, 5.41) is 6.57. The minimum absolute atomic E-state index is 0.0848. The number of sulfonamides is 1. The van der Waals surface area contributed by atoms with Crippen molar-refractivity contribution in [1.82, 2.24) is 29.0 Å². The van der Waals surface area contributed by atoms with E-state index in [-0.39, 0.29) is 36.0 Å². The standard InChI is InChI=1S/C20H23FN6O4S/c1-13-20(32(29,30)26-9-10-27-14(12-26)7-8-23-27)24-18(25(13)2)19(28)22-11-15-16(21)5-4-6-17(15)31-3/h4-8H,9-12H2,1-3H3,(H,22,28). The van der Waals surface area contributed by atoms with E-state index in [4.69, 9.17) is 4.74 Å². The number of nitrogens with one attached hydrogen (secondary N) is 1. The van der Waals surface area contributed by atoms with E-state index in [1.165, 1.54) is 28.1 Å². The Morgan fingerprint density at radius 3 is 2.81 bits per heavy atom. The number of halogens is 1. The van der Waals surface area contributed by atoms with Gasteiger partial charge in [0.25, 0.3) is 15.9 Å². The Hall–Kier alpha value is -3.25. The molecule has 1 aromatic carbocycles. The smallest absolute Gasteiger partial charge is 0.287 e. The highest BCUT2D eigenvalue weighted by Gasteiger charge is 2.34. The number of carbonyl (C=O) groups excluding carboxylic acids is 1. The molecule has 1 amide bonds. The summed E-state index contributed by atoms with van der Waals surface area (Å²) in [5.74, 6) is -0.931. The molecule has 4 rings (SSSR count). The van der Waals surface area contributed by atoms with Crippen LogP contribution in [-0.2, 0) is 36.7 Å². The number of methoxy groups -OCH3 is 1. The molecule has 1 aliphatic heterocycles. The maximum Gasteiger partial charge on any atom is 0.287 e. The number of hydrogen-bond acceptors (Lipinski definition) is 6. The van der Waals surface area contributed by atoms with Crippen molar-refractivity contribution < 1.29 is 22.3 Å². The number of carbonyl (C=O) groups is 1. The summed E-state index contributed by atoms with van der Waals surface area (Å²) in [6.45, 7) is 2.31. The number of ether oxygens (including phenoxy) is 1. The summed E-state index contributed by atoms with van der Waals surface area (Å²) in [4.78, 5) is 16.9. The van der Waals surface area contributed by atoms with E-state index >= 15 is 0 Å². The van der Waals surface area contributed by atoms with Crippen LogP contribution in [0.15, 0.2) is 35.5 Å². The maximum atomic E-state index is 14.1. The van der Waals surface area contributed by atoms with Gasteiger partial charge in [-0.25, -0.2) is 17.8 Å². The van der Waals surface area contributed by atoms with Gasteiger partial charge in [0.15, 0.2) is 10.9 Å². The third-order valence-corrected chi connectivity index (χ3v) is 7.42. The van der Waals surface area contributed by atoms with Gasteiger partial charge in [-0.2, -0.15) is 9.40 Å². The van der Waals surface area contributed by atoms with Crippen molar-refractivity contribution in [2.45, 2.75) is 31.6 Å². The van der Waals surface area contributed by atoms with Crippen LogP contribution in [0.3, 0.4) is 0 Å². The molecule has 10 nitrogen and oxygen atoms in total. The zero-order valence-corrected chi connectivity index (χ0v) is 18.7. The predicted molar refractivity (Wildman–Crippen MR) is 112 cm³/mol. The van der Waals surface area contributed by atoms with E-state index in [1.54, 1.807) is 37.0 Å². The number of benzene rings is 1. The van der Waals surface area contributed by atoms with Crippen LogP contribution in [0.2, 0.25) is 0 Å². The van der Waals surface area contributed by atoms with Crippen molar-refractivity contribution in [3.8, 4) is 5.75 Å². The van der Waals surface area contributed by atoms with Crippen molar-refractivity contribution >= 4 is 15.9 Å². The number of nitrogens with zero attached hydrogens (tertiary/aromatic N) is 5. The van der Waals surface area contributed by atoms with Gasteiger partial charge in [-0.3, -0.25) is 9.48 Å². The Bertz CT molecular complexity index is 1280. The van der Waals surface area contributed by atoms with Crippen molar-refractivity contribution in [2.75, 3.05) is 13.7 Å². The lowest BCUT2D eigenvalue weighted by Gasteiger charge is -2.26. The van der Waals surface area contributed by atoms with Gasteiger partial charge >= 0.3 is 0 Å². The first-order valence-corrected chi connectivity index (χ1v) is 11.3. The Morgan fingerprint density at radius 2 is 2.06 bits per heavy atom. The summed E-state index contributed by atoms with van der Waals surface area (Å²) in [5.41, 5.74) is 1.30. The Kier molecular flexibility index (Phi) is 5.73. The zero-order chi connectivity index (χ0) is 23.0. The average Bonchev–Trinajstić information content (AvgIpc) is 3.37. The highest BCUT2D eigenvalue weighted by molar-refractivity contribution is 7.89. The molecule has 170 valence electrons. The third kappa shape index (κ3) is 3.75. The van der Waals surface area contributed by atoms with Crippen molar-refractivity contribution in [3.05, 3.63) is 59.1 Å². The first-order valence-electron chi connectivity index (χ1n) is 9.87. The van der Waals surface area contributed by atoms with Crippen LogP contribution in [0, 0.1) is 12.7 Å². The maximum absolute atomic E-state index is 14.1. The molecule has 0 bridgehead atoms. The topological polar surface area (TPSA) is 111 Å². The first kappa shape index (κ1) is 22.0. The van der Waals surface area contributed by atoms with Gasteiger partial charge < -0.3 is 14.6 Å². The van der Waals surface area contributed by atoms with Crippen LogP contribution in [0.5, 0.6) is 5.75 Å². The van der Waals surface area contributed by atoms with E-state index in [2.05, 4.69) is 15.4 Å². The second kappa shape index (κ2) is 8.36. The third-order valence-electron chi connectivity index (χ3n) is 5.55. The molecule has 12 heteroatoms. The molecule has 0 spiro atoms. The number of rotatable bonds is 6. The molecule has 2 aromatic heterocycles. The fourth-order valence-corrected chi connectivity index (χ4v) is 5.22. The van der Waals surface area contributed by atoms with Crippen LogP contribution in [-0.4, -0.2) is 51.6 Å². The Labute approximate surface area is 184 Å². The van der Waals surface area contributed by atoms with Crippen molar-refractivity contribution in [3.63, 3.8) is 0 Å². The van der Waals surface area contributed by atoms with Crippen LogP contribution < -0.4 is 10.1 Å². The summed E-state index contributed by atoms with van der Waals surface area (Å²) >= 11 is 0. The second-order valence-electron chi connectivity index (χ2n) is 7.37. The predicted octanol–water partition coefficient (Wildman–Crippen LogP) is 1.21. The SMILES string of the molecule is COc1cccc(F)c1CNC(=O)c1nc(S(=O)(=O)N2CCn3nccc3C2)c(C)n1C. The lowest BCUT2D eigenvalue weighted by molar-refractivity contribution is 0.0936. The molecule has 1 N–H and O–H groups in total. The van der Waals surface area contributed by atoms with Gasteiger partial charge in [0.05, 0.1) is 31.6 Å². The molecule has 0 saturated carbocycles. The van der Waals surface area contributed by atoms with E-state index in [0.717, 1.165) is 5.69 Å². The minimum Gasteiger partial charge on any atom is -0.496 e. The highest BCUT2D eigenvalue weighted by atomic mass is 32.2. The molecule has 0 atom stereocenters. The van der Waals surface area contributed by atoms with Gasteiger partial charge in [-0.15, -0.1) is 0 Å². The van der Waals surface area contributed by atoms with E-state index < -0.39 is 21.7 Å². The zero-order valence-electron chi connectivity index (χ0n) is 17.9. The number of aromatic nitrogens is 4. The quantitative estimate of drug-likeness (QED) is 0.590. The van der Waals surface area contributed by atoms with Gasteiger partial charge in [0, 0.05) is 31.9 Å². The molecule has 3 heterocycles. The average molecular weight is 463 g/mol. The van der Waals surface area contributed by atoms with Crippen LogP contribution in [0.1, 0.15) is 27.6 Å². The second-order valence-corrected chi connectivity index (χ2v) is 9.23. The molecular weight excluding hydrogens is 439 g/mol. The number of amides is 1. The van der Waals surface area contributed by atoms with Crippen LogP contribution in [0.4, 0.5) is 4.39 Å². The number of imidazole rings is 1. The first-order chi connectivity index (χ1) is 15.2. The molecule has 0 radical (unpaired) electrons. The molecule has 1 aliphatic rings. The molecule has 3 aromatic rings. The molecule has 0 unspecified atom stereocenters. The van der Waals surface area contributed by atoms with Gasteiger partial charge in [0.1, 0.15) is 11.6 Å². The lowest BCUT2D eigenvalue weighted by Crippen LogP contribution is -2.38. The van der Waals surface area contributed by atoms with E-state index in [1.807, 2.05) is 0 Å². The van der Waals surface area contributed by atoms with E-state index in [0.29, 0.717) is 18.0 Å². The fraction of sp³-hybridized carbons (Fsp3) is 0.350. The number of hydrogen-bond donors (Lipinski definition) is 1. The molecule has 0 fully saturated rings. The molecule has 0 saturated heterocycles.